The van der Waals surface area contributed by atoms with Crippen molar-refractivity contribution >= 4 is 17.2 Å². The third kappa shape index (κ3) is 3.23. The molecule has 3 rings (SSSR count). The molecule has 2 heterocycles. The van der Waals surface area contributed by atoms with Crippen molar-refractivity contribution < 1.29 is 0 Å². The van der Waals surface area contributed by atoms with Crippen molar-refractivity contribution in [1.82, 2.24) is 9.97 Å². The minimum Gasteiger partial charge on any atom is -0.367 e. The molecule has 0 aromatic carbocycles. The summed E-state index contributed by atoms with van der Waals surface area (Å²) in [5, 5.41) is 5.40. The molecule has 2 aromatic heterocycles. The Hall–Kier alpha value is -1.62. The van der Waals surface area contributed by atoms with Crippen LogP contribution >= 0.6 is 11.3 Å². The molecule has 0 aliphatic heterocycles. The second-order valence-corrected chi connectivity index (χ2v) is 6.15. The smallest absolute Gasteiger partial charge is 0.252 e. The number of thiophene rings is 1. The number of aromatic nitrogens is 2. The zero-order chi connectivity index (χ0) is 13.2. The fourth-order valence-electron chi connectivity index (χ4n) is 2.13. The Balaban J connectivity index is 1.70. The molecule has 19 heavy (non-hydrogen) atoms. The Kier molecular flexibility index (Phi) is 3.38. The van der Waals surface area contributed by atoms with Gasteiger partial charge in [-0.3, -0.25) is 4.79 Å². The van der Waals surface area contributed by atoms with Crippen LogP contribution in [0.4, 0.5) is 5.82 Å². The lowest BCUT2D eigenvalue weighted by atomic mass is 10.2. The first-order valence-electron chi connectivity index (χ1n) is 6.61. The Morgan fingerprint density at radius 1 is 1.58 bits per heavy atom. The van der Waals surface area contributed by atoms with Gasteiger partial charge in [0.05, 0.1) is 0 Å². The molecule has 0 saturated heterocycles. The maximum atomic E-state index is 11.6. The molecule has 1 atom stereocenters. The van der Waals surface area contributed by atoms with Crippen LogP contribution in [0.5, 0.6) is 0 Å². The fraction of sp³-hybridized carbons (Fsp3) is 0.429. The van der Waals surface area contributed by atoms with Gasteiger partial charge in [-0.15, -0.1) is 11.3 Å². The van der Waals surface area contributed by atoms with E-state index in [0.29, 0.717) is 11.7 Å². The summed E-state index contributed by atoms with van der Waals surface area (Å²) in [7, 11) is 0. The average molecular weight is 275 g/mol. The maximum absolute atomic E-state index is 11.6. The number of H-pyrrole nitrogens is 1. The maximum Gasteiger partial charge on any atom is 0.252 e. The van der Waals surface area contributed by atoms with Crippen LogP contribution in [0.15, 0.2) is 28.4 Å². The summed E-state index contributed by atoms with van der Waals surface area (Å²) in [5.41, 5.74) is -0.0669. The number of aromatic amines is 1. The van der Waals surface area contributed by atoms with Gasteiger partial charge in [-0.05, 0) is 31.2 Å². The zero-order valence-corrected chi connectivity index (χ0v) is 11.7. The van der Waals surface area contributed by atoms with Crippen LogP contribution in [-0.2, 0) is 6.42 Å². The second kappa shape index (κ2) is 5.17. The van der Waals surface area contributed by atoms with Crippen molar-refractivity contribution in [1.29, 1.82) is 0 Å². The van der Waals surface area contributed by atoms with Crippen LogP contribution in [0, 0.1) is 0 Å². The van der Waals surface area contributed by atoms with E-state index in [1.807, 2.05) is 0 Å². The molecule has 2 N–H and O–H groups in total. The molecular formula is C14H17N3OS. The van der Waals surface area contributed by atoms with Gasteiger partial charge in [0.25, 0.3) is 5.56 Å². The van der Waals surface area contributed by atoms with Crippen LogP contribution in [0.1, 0.15) is 36.4 Å². The number of hydrogen-bond donors (Lipinski definition) is 2. The van der Waals surface area contributed by atoms with Gasteiger partial charge in [0, 0.05) is 29.3 Å². The SMILES string of the molecule is CC(Cc1cccs1)Nc1cc(=O)[nH]c(C2CC2)n1. The third-order valence-corrected chi connectivity index (χ3v) is 4.10. The van der Waals surface area contributed by atoms with Crippen LogP contribution in [0.2, 0.25) is 0 Å². The van der Waals surface area contributed by atoms with Crippen molar-refractivity contribution in [3.8, 4) is 0 Å². The lowest BCUT2D eigenvalue weighted by molar-refractivity contribution is 0.786. The number of anilines is 1. The molecule has 1 saturated carbocycles. The van der Waals surface area contributed by atoms with E-state index in [0.717, 1.165) is 25.1 Å². The van der Waals surface area contributed by atoms with E-state index in [1.54, 1.807) is 11.3 Å². The van der Waals surface area contributed by atoms with Gasteiger partial charge in [-0.1, -0.05) is 6.07 Å². The topological polar surface area (TPSA) is 57.8 Å². The number of rotatable bonds is 5. The molecule has 0 spiro atoms. The highest BCUT2D eigenvalue weighted by atomic mass is 32.1. The molecule has 4 nitrogen and oxygen atoms in total. The molecule has 1 aliphatic carbocycles. The molecule has 5 heteroatoms. The summed E-state index contributed by atoms with van der Waals surface area (Å²) in [6.07, 6.45) is 3.22. The highest BCUT2D eigenvalue weighted by Gasteiger charge is 2.26. The van der Waals surface area contributed by atoms with Crippen molar-refractivity contribution in [2.75, 3.05) is 5.32 Å². The summed E-state index contributed by atoms with van der Waals surface area (Å²) < 4.78 is 0. The van der Waals surface area contributed by atoms with Crippen molar-refractivity contribution in [2.45, 2.75) is 38.1 Å². The predicted octanol–water partition coefficient (Wildman–Crippen LogP) is 2.75. The summed E-state index contributed by atoms with van der Waals surface area (Å²) in [6, 6.07) is 5.99. The van der Waals surface area contributed by atoms with Gasteiger partial charge >= 0.3 is 0 Å². The van der Waals surface area contributed by atoms with Gasteiger partial charge in [0.1, 0.15) is 11.6 Å². The van der Waals surface area contributed by atoms with Gasteiger partial charge in [-0.25, -0.2) is 4.98 Å². The molecule has 0 amide bonds. The molecule has 1 unspecified atom stereocenters. The lowest BCUT2D eigenvalue weighted by Gasteiger charge is -2.14. The van der Waals surface area contributed by atoms with Crippen LogP contribution in [0.25, 0.3) is 0 Å². The Morgan fingerprint density at radius 2 is 2.42 bits per heavy atom. The van der Waals surface area contributed by atoms with E-state index >= 15 is 0 Å². The Morgan fingerprint density at radius 3 is 3.11 bits per heavy atom. The molecule has 100 valence electrons. The summed E-state index contributed by atoms with van der Waals surface area (Å²) in [5.74, 6) is 1.98. The van der Waals surface area contributed by atoms with E-state index in [9.17, 15) is 4.79 Å². The normalized spacial score (nSPS) is 16.3. The van der Waals surface area contributed by atoms with E-state index in [1.165, 1.54) is 10.9 Å². The van der Waals surface area contributed by atoms with Crippen molar-refractivity contribution in [3.63, 3.8) is 0 Å². The van der Waals surface area contributed by atoms with Gasteiger partial charge in [0.2, 0.25) is 0 Å². The second-order valence-electron chi connectivity index (χ2n) is 5.12. The van der Waals surface area contributed by atoms with Gasteiger partial charge in [-0.2, -0.15) is 0 Å². The molecule has 0 bridgehead atoms. The summed E-state index contributed by atoms with van der Waals surface area (Å²) >= 11 is 1.75. The van der Waals surface area contributed by atoms with Crippen LogP contribution < -0.4 is 10.9 Å². The van der Waals surface area contributed by atoms with E-state index < -0.39 is 0 Å². The zero-order valence-electron chi connectivity index (χ0n) is 10.8. The minimum absolute atomic E-state index is 0.0669. The first-order valence-corrected chi connectivity index (χ1v) is 7.49. The average Bonchev–Trinajstić information content (AvgIpc) is 3.08. The van der Waals surface area contributed by atoms with Crippen molar-refractivity contribution in [2.24, 2.45) is 0 Å². The minimum atomic E-state index is -0.0669. The number of hydrogen-bond acceptors (Lipinski definition) is 4. The highest BCUT2D eigenvalue weighted by molar-refractivity contribution is 7.09. The fourth-order valence-corrected chi connectivity index (χ4v) is 2.97. The molecule has 1 aliphatic rings. The highest BCUT2D eigenvalue weighted by Crippen LogP contribution is 2.37. The first kappa shape index (κ1) is 12.4. The quantitative estimate of drug-likeness (QED) is 0.882. The summed E-state index contributed by atoms with van der Waals surface area (Å²) in [6.45, 7) is 2.11. The monoisotopic (exact) mass is 275 g/mol. The molecule has 2 aromatic rings. The predicted molar refractivity (Wildman–Crippen MR) is 77.9 cm³/mol. The first-order chi connectivity index (χ1) is 9.20. The standard InChI is InChI=1S/C14H17N3OS/c1-9(7-11-3-2-6-19-11)15-12-8-13(18)17-14(16-12)10-4-5-10/h2-3,6,8-10H,4-5,7H2,1H3,(H2,15,16,17,18). The lowest BCUT2D eigenvalue weighted by Crippen LogP contribution is -2.21. The largest absolute Gasteiger partial charge is 0.367 e. The Labute approximate surface area is 115 Å². The van der Waals surface area contributed by atoms with E-state index in [-0.39, 0.29) is 11.6 Å². The van der Waals surface area contributed by atoms with Gasteiger partial charge in [0.15, 0.2) is 0 Å². The number of nitrogens with one attached hydrogen (secondary N) is 2. The third-order valence-electron chi connectivity index (χ3n) is 3.21. The molecule has 1 fully saturated rings. The summed E-state index contributed by atoms with van der Waals surface area (Å²) in [4.78, 5) is 20.3. The van der Waals surface area contributed by atoms with E-state index in [2.05, 4.69) is 39.7 Å². The van der Waals surface area contributed by atoms with Crippen LogP contribution in [0.3, 0.4) is 0 Å². The number of nitrogens with zero attached hydrogens (tertiary/aromatic N) is 1. The van der Waals surface area contributed by atoms with Crippen molar-refractivity contribution in [3.05, 3.63) is 44.6 Å². The van der Waals surface area contributed by atoms with Gasteiger partial charge < -0.3 is 10.3 Å². The Bertz CT molecular complexity index is 601. The molecule has 0 radical (unpaired) electrons. The van der Waals surface area contributed by atoms with Crippen LogP contribution in [-0.4, -0.2) is 16.0 Å². The van der Waals surface area contributed by atoms with E-state index in [4.69, 9.17) is 0 Å². The molecular weight excluding hydrogens is 258 g/mol.